The molecule has 4 nitrogen and oxygen atoms in total. The molecule has 0 aliphatic carbocycles. The molecular weight excluding hydrogens is 464 g/mol. The molecule has 2 N–H and O–H groups in total. The van der Waals surface area contributed by atoms with Crippen molar-refractivity contribution >= 4 is 45.5 Å². The van der Waals surface area contributed by atoms with E-state index >= 15 is 0 Å². The van der Waals surface area contributed by atoms with Crippen LogP contribution < -0.4 is 10.6 Å². The molecule has 0 amide bonds. The van der Waals surface area contributed by atoms with Crippen molar-refractivity contribution in [3.63, 3.8) is 0 Å². The zero-order valence-electron chi connectivity index (χ0n) is 21.6. The van der Waals surface area contributed by atoms with Gasteiger partial charge in [0.2, 0.25) is 0 Å². The van der Waals surface area contributed by atoms with Crippen molar-refractivity contribution in [2.24, 2.45) is 9.98 Å². The maximum absolute atomic E-state index is 4.85. The minimum Gasteiger partial charge on any atom is -0.356 e. The van der Waals surface area contributed by atoms with Gasteiger partial charge < -0.3 is 10.6 Å². The van der Waals surface area contributed by atoms with E-state index in [1.54, 1.807) is 0 Å². The summed E-state index contributed by atoms with van der Waals surface area (Å²) < 4.78 is 0. The number of nitrogens with one attached hydrogen (secondary N) is 2. The SMILES string of the molecule is CC(=Nc1ccc(Nc2ccccc2)cc1)c1cccc(C(C)=Nc2ccc(Nc3ccccc3)cc2)c1. The molecular formula is C34H30N4. The van der Waals surface area contributed by atoms with Crippen LogP contribution in [-0.4, -0.2) is 11.4 Å². The van der Waals surface area contributed by atoms with Gasteiger partial charge in [-0.2, -0.15) is 0 Å². The van der Waals surface area contributed by atoms with Gasteiger partial charge in [0.15, 0.2) is 0 Å². The summed E-state index contributed by atoms with van der Waals surface area (Å²) in [6.07, 6.45) is 0. The first-order valence-corrected chi connectivity index (χ1v) is 12.7. The molecule has 186 valence electrons. The van der Waals surface area contributed by atoms with Gasteiger partial charge in [0.05, 0.1) is 11.4 Å². The summed E-state index contributed by atoms with van der Waals surface area (Å²) in [5.41, 5.74) is 10.1. The summed E-state index contributed by atoms with van der Waals surface area (Å²) in [5.74, 6) is 0. The Morgan fingerprint density at radius 3 is 1.18 bits per heavy atom. The maximum atomic E-state index is 4.85. The molecule has 5 aromatic carbocycles. The Morgan fingerprint density at radius 2 is 0.789 bits per heavy atom. The zero-order chi connectivity index (χ0) is 26.2. The highest BCUT2D eigenvalue weighted by Gasteiger charge is 2.04. The molecule has 4 heteroatoms. The topological polar surface area (TPSA) is 48.8 Å². The molecule has 5 rings (SSSR count). The highest BCUT2D eigenvalue weighted by Crippen LogP contribution is 2.23. The van der Waals surface area contributed by atoms with E-state index in [0.29, 0.717) is 0 Å². The maximum Gasteiger partial charge on any atom is 0.0634 e. The largest absolute Gasteiger partial charge is 0.356 e. The monoisotopic (exact) mass is 494 g/mol. The van der Waals surface area contributed by atoms with E-state index in [4.69, 9.17) is 9.98 Å². The predicted octanol–water partition coefficient (Wildman–Crippen LogP) is 9.46. The lowest BCUT2D eigenvalue weighted by molar-refractivity contribution is 1.44. The third kappa shape index (κ3) is 6.62. The fourth-order valence-electron chi connectivity index (χ4n) is 4.10. The molecule has 0 saturated carbocycles. The number of nitrogens with zero attached hydrogens (tertiary/aromatic N) is 2. The number of para-hydroxylation sites is 2. The first kappa shape index (κ1) is 24.7. The van der Waals surface area contributed by atoms with E-state index in [-0.39, 0.29) is 0 Å². The lowest BCUT2D eigenvalue weighted by Crippen LogP contribution is -1.99. The molecule has 0 aliphatic rings. The molecule has 0 bridgehead atoms. The Bertz CT molecular complexity index is 1420. The molecule has 0 fully saturated rings. The summed E-state index contributed by atoms with van der Waals surface area (Å²) in [7, 11) is 0. The lowest BCUT2D eigenvalue weighted by atomic mass is 10.0. The van der Waals surface area contributed by atoms with E-state index in [1.165, 1.54) is 0 Å². The first-order chi connectivity index (χ1) is 18.6. The molecule has 38 heavy (non-hydrogen) atoms. The third-order valence-electron chi connectivity index (χ3n) is 6.15. The van der Waals surface area contributed by atoms with Crippen LogP contribution >= 0.6 is 0 Å². The average molecular weight is 495 g/mol. The normalized spacial score (nSPS) is 11.7. The van der Waals surface area contributed by atoms with E-state index in [0.717, 1.165) is 56.7 Å². The number of rotatable bonds is 8. The van der Waals surface area contributed by atoms with Crippen molar-refractivity contribution in [2.45, 2.75) is 13.8 Å². The van der Waals surface area contributed by atoms with Crippen molar-refractivity contribution < 1.29 is 0 Å². The second-order valence-corrected chi connectivity index (χ2v) is 9.05. The summed E-state index contributed by atoms with van der Waals surface area (Å²) in [6, 6.07) is 45.0. The molecule has 0 aromatic heterocycles. The standard InChI is InChI=1S/C34H30N4/c1-25(35-31-16-20-33(21-17-31)37-29-12-5-3-6-13-29)27-10-9-11-28(24-27)26(2)36-32-18-22-34(23-19-32)38-30-14-7-4-8-15-30/h3-24,37-38H,1-2H3. The van der Waals surface area contributed by atoms with Gasteiger partial charge in [0.1, 0.15) is 0 Å². The molecule has 0 unspecified atom stereocenters. The van der Waals surface area contributed by atoms with Gasteiger partial charge in [-0.25, -0.2) is 0 Å². The van der Waals surface area contributed by atoms with Crippen LogP contribution in [0, 0.1) is 0 Å². The Kier molecular flexibility index (Phi) is 7.71. The zero-order valence-corrected chi connectivity index (χ0v) is 21.6. The van der Waals surface area contributed by atoms with Crippen LogP contribution in [0.4, 0.5) is 34.1 Å². The number of benzene rings is 5. The smallest absolute Gasteiger partial charge is 0.0634 e. The fourth-order valence-corrected chi connectivity index (χ4v) is 4.10. The molecule has 0 heterocycles. The minimum atomic E-state index is 0.918. The number of anilines is 4. The molecule has 0 spiro atoms. The van der Waals surface area contributed by atoms with E-state index in [9.17, 15) is 0 Å². The third-order valence-corrected chi connectivity index (χ3v) is 6.15. The van der Waals surface area contributed by atoms with Crippen LogP contribution in [0.2, 0.25) is 0 Å². The Balaban J connectivity index is 1.27. The molecule has 0 radical (unpaired) electrons. The van der Waals surface area contributed by atoms with Crippen molar-refractivity contribution in [1.29, 1.82) is 0 Å². The number of hydrogen-bond acceptors (Lipinski definition) is 4. The first-order valence-electron chi connectivity index (χ1n) is 12.7. The van der Waals surface area contributed by atoms with Crippen LogP contribution in [0.3, 0.4) is 0 Å². The highest BCUT2D eigenvalue weighted by atomic mass is 14.9. The predicted molar refractivity (Wildman–Crippen MR) is 163 cm³/mol. The molecule has 0 aliphatic heterocycles. The minimum absolute atomic E-state index is 0.918. The second kappa shape index (κ2) is 11.8. The van der Waals surface area contributed by atoms with Gasteiger partial charge in [-0.1, -0.05) is 54.6 Å². The molecule has 0 saturated heterocycles. The quantitative estimate of drug-likeness (QED) is 0.211. The van der Waals surface area contributed by atoms with Crippen LogP contribution in [-0.2, 0) is 0 Å². The van der Waals surface area contributed by atoms with E-state index in [1.807, 2.05) is 123 Å². The van der Waals surface area contributed by atoms with Crippen LogP contribution in [0.1, 0.15) is 25.0 Å². The van der Waals surface area contributed by atoms with E-state index in [2.05, 4.69) is 34.9 Å². The Morgan fingerprint density at radius 1 is 0.421 bits per heavy atom. The molecule has 5 aromatic rings. The highest BCUT2D eigenvalue weighted by molar-refractivity contribution is 6.05. The van der Waals surface area contributed by atoms with Crippen molar-refractivity contribution in [1.82, 2.24) is 0 Å². The van der Waals surface area contributed by atoms with Gasteiger partial charge in [-0.15, -0.1) is 0 Å². The fraction of sp³-hybridized carbons (Fsp3) is 0.0588. The van der Waals surface area contributed by atoms with Gasteiger partial charge >= 0.3 is 0 Å². The molecule has 0 atom stereocenters. The summed E-state index contributed by atoms with van der Waals surface area (Å²) in [4.78, 5) is 9.70. The van der Waals surface area contributed by atoms with Gasteiger partial charge in [-0.3, -0.25) is 9.98 Å². The van der Waals surface area contributed by atoms with Crippen molar-refractivity contribution in [3.8, 4) is 0 Å². The Labute approximate surface area is 224 Å². The van der Waals surface area contributed by atoms with Crippen LogP contribution in [0.25, 0.3) is 0 Å². The van der Waals surface area contributed by atoms with Crippen LogP contribution in [0.15, 0.2) is 143 Å². The van der Waals surface area contributed by atoms with Gasteiger partial charge in [0, 0.05) is 34.2 Å². The van der Waals surface area contributed by atoms with Crippen molar-refractivity contribution in [2.75, 3.05) is 10.6 Å². The van der Waals surface area contributed by atoms with Crippen LogP contribution in [0.5, 0.6) is 0 Å². The average Bonchev–Trinajstić information content (AvgIpc) is 2.96. The van der Waals surface area contributed by atoms with Crippen molar-refractivity contribution in [3.05, 3.63) is 145 Å². The van der Waals surface area contributed by atoms with Gasteiger partial charge in [0.25, 0.3) is 0 Å². The number of hydrogen-bond donors (Lipinski definition) is 2. The Hall–Kier alpha value is -4.96. The summed E-state index contributed by atoms with van der Waals surface area (Å²) in [5, 5.41) is 6.81. The summed E-state index contributed by atoms with van der Waals surface area (Å²) in [6.45, 7) is 4.08. The van der Waals surface area contributed by atoms with E-state index < -0.39 is 0 Å². The van der Waals surface area contributed by atoms with Gasteiger partial charge in [-0.05, 0) is 104 Å². The second-order valence-electron chi connectivity index (χ2n) is 9.05. The lowest BCUT2D eigenvalue weighted by Gasteiger charge is -2.08. The summed E-state index contributed by atoms with van der Waals surface area (Å²) >= 11 is 0. The number of aliphatic imine (C=N–C) groups is 2.